The average Bonchev–Trinajstić information content (AvgIpc) is 2.12. The maximum Gasteiger partial charge on any atom is 1.00 e. The largest absolute Gasteiger partial charge is 1.00 e. The molecule has 1 saturated carbocycles. The van der Waals surface area contributed by atoms with E-state index in [0.717, 1.165) is 0 Å². The van der Waals surface area contributed by atoms with Crippen LogP contribution in [0.25, 0.3) is 0 Å². The number of hydrogen-bond acceptors (Lipinski definition) is 1. The smallest absolute Gasteiger partial charge is 0.448 e. The summed E-state index contributed by atoms with van der Waals surface area (Å²) in [5.74, 6) is -0.307. The zero-order chi connectivity index (χ0) is 11.1. The van der Waals surface area contributed by atoms with Crippen LogP contribution in [0.3, 0.4) is 0 Å². The number of carbonyl (C=O) groups is 1. The molecule has 0 aliphatic heterocycles. The number of benzene rings is 1. The Labute approximate surface area is 134 Å². The molecule has 1 aliphatic carbocycles. The molecule has 0 saturated heterocycles. The van der Waals surface area contributed by atoms with Crippen LogP contribution in [0, 0.1) is 0 Å². The Morgan fingerprint density at radius 3 is 1.94 bits per heavy atom. The van der Waals surface area contributed by atoms with Crippen molar-refractivity contribution in [3.8, 4) is 0 Å². The summed E-state index contributed by atoms with van der Waals surface area (Å²) in [6, 6.07) is 7.70. The van der Waals surface area contributed by atoms with Gasteiger partial charge in [0.1, 0.15) is 5.78 Å². The minimum atomic E-state index is -5.01. The van der Waals surface area contributed by atoms with Crippen LogP contribution < -0.4 is 51.4 Å². The van der Waals surface area contributed by atoms with E-state index in [2.05, 4.69) is 0 Å². The molecular formula is C10H9BF3KO. The van der Waals surface area contributed by atoms with Gasteiger partial charge >= 0.3 is 58.4 Å². The van der Waals surface area contributed by atoms with Gasteiger partial charge in [-0.25, -0.2) is 0 Å². The van der Waals surface area contributed by atoms with Crippen LogP contribution in [0.4, 0.5) is 12.9 Å². The van der Waals surface area contributed by atoms with E-state index < -0.39 is 12.3 Å². The van der Waals surface area contributed by atoms with Gasteiger partial charge in [0.2, 0.25) is 0 Å². The van der Waals surface area contributed by atoms with Gasteiger partial charge in [-0.2, -0.15) is 0 Å². The average molecular weight is 252 g/mol. The molecule has 1 aliphatic rings. The number of Topliss-reactive ketones (excluding diaryl/α,β-unsaturated/α-hetero) is 1. The molecule has 80 valence electrons. The van der Waals surface area contributed by atoms with E-state index in [4.69, 9.17) is 0 Å². The first-order valence-corrected chi connectivity index (χ1v) is 4.72. The van der Waals surface area contributed by atoms with Crippen LogP contribution in [0.15, 0.2) is 30.3 Å². The number of hydrogen-bond donors (Lipinski definition) is 0. The summed E-state index contributed by atoms with van der Waals surface area (Å²) in [6.07, 6.45) is -0.777. The van der Waals surface area contributed by atoms with Gasteiger partial charge < -0.3 is 12.9 Å². The molecule has 0 aromatic heterocycles. The molecule has 1 aromatic carbocycles. The number of ketones is 1. The van der Waals surface area contributed by atoms with Crippen molar-refractivity contribution < 1.29 is 69.1 Å². The molecule has 1 fully saturated rings. The maximum absolute atomic E-state index is 12.9. The predicted octanol–water partition coefficient (Wildman–Crippen LogP) is -0.322. The van der Waals surface area contributed by atoms with Crippen LogP contribution >= 0.6 is 0 Å². The van der Waals surface area contributed by atoms with Gasteiger partial charge in [0, 0.05) is 0 Å². The first-order chi connectivity index (χ1) is 6.96. The number of halogens is 3. The molecule has 1 nitrogen and oxygen atoms in total. The van der Waals surface area contributed by atoms with E-state index in [-0.39, 0.29) is 75.6 Å². The topological polar surface area (TPSA) is 17.1 Å². The predicted molar refractivity (Wildman–Crippen MR) is 51.4 cm³/mol. The van der Waals surface area contributed by atoms with Crippen molar-refractivity contribution in [1.82, 2.24) is 0 Å². The van der Waals surface area contributed by atoms with Gasteiger partial charge in [-0.05, 0) is 18.2 Å². The second-order valence-electron chi connectivity index (χ2n) is 3.99. The first-order valence-electron chi connectivity index (χ1n) is 4.72. The SMILES string of the molecule is O=C1CC(c2ccccc2)([B-](F)(F)F)C1.[K+]. The molecule has 0 spiro atoms. The fraction of sp³-hybridized carbons (Fsp3) is 0.300. The van der Waals surface area contributed by atoms with Gasteiger partial charge in [0.05, 0.1) is 0 Å². The second kappa shape index (κ2) is 4.94. The molecule has 0 heterocycles. The van der Waals surface area contributed by atoms with Crippen molar-refractivity contribution >= 4 is 12.8 Å². The molecule has 0 unspecified atom stereocenters. The summed E-state index contributed by atoms with van der Waals surface area (Å²) >= 11 is 0. The third-order valence-corrected chi connectivity index (χ3v) is 3.00. The minimum Gasteiger partial charge on any atom is -0.448 e. The van der Waals surface area contributed by atoms with Gasteiger partial charge in [-0.15, -0.1) is 0 Å². The van der Waals surface area contributed by atoms with Crippen molar-refractivity contribution in [1.29, 1.82) is 0 Å². The summed E-state index contributed by atoms with van der Waals surface area (Å²) in [4.78, 5) is 10.8. The molecular weight excluding hydrogens is 243 g/mol. The zero-order valence-corrected chi connectivity index (χ0v) is 12.0. The van der Waals surface area contributed by atoms with E-state index in [9.17, 15) is 17.7 Å². The van der Waals surface area contributed by atoms with Gasteiger partial charge in [0.25, 0.3) is 0 Å². The maximum atomic E-state index is 12.9. The van der Waals surface area contributed by atoms with Crippen LogP contribution in [0.1, 0.15) is 18.4 Å². The third kappa shape index (κ3) is 2.31. The van der Waals surface area contributed by atoms with Crippen molar-refractivity contribution in [3.63, 3.8) is 0 Å². The number of carbonyl (C=O) groups excluding carboxylic acids is 1. The summed E-state index contributed by atoms with van der Waals surface area (Å²) in [7, 11) is 0. The molecule has 0 bridgehead atoms. The Kier molecular flexibility index (Phi) is 4.46. The molecule has 0 radical (unpaired) electrons. The first kappa shape index (κ1) is 14.4. The van der Waals surface area contributed by atoms with Crippen LogP contribution in [-0.4, -0.2) is 12.8 Å². The Balaban J connectivity index is 0.00000128. The second-order valence-corrected chi connectivity index (χ2v) is 3.99. The molecule has 6 heteroatoms. The van der Waals surface area contributed by atoms with Crippen LogP contribution in [-0.2, 0) is 10.1 Å². The van der Waals surface area contributed by atoms with Crippen molar-refractivity contribution in [3.05, 3.63) is 35.9 Å². The van der Waals surface area contributed by atoms with E-state index in [1.807, 2.05) is 0 Å². The molecule has 0 amide bonds. The normalized spacial score (nSPS) is 18.6. The Morgan fingerprint density at radius 2 is 1.56 bits per heavy atom. The monoisotopic (exact) mass is 252 g/mol. The zero-order valence-electron chi connectivity index (χ0n) is 8.92. The van der Waals surface area contributed by atoms with Gasteiger partial charge in [0.15, 0.2) is 0 Å². The Morgan fingerprint density at radius 1 is 1.06 bits per heavy atom. The minimum absolute atomic E-state index is 0. The third-order valence-electron chi connectivity index (χ3n) is 3.00. The standard InChI is InChI=1S/C10H9BF3O.K/c12-11(13,14)10(6-9(15)7-10)8-4-2-1-3-5-8;/h1-5H,6-7H2;/q-1;+1. The quantitative estimate of drug-likeness (QED) is 0.659. The van der Waals surface area contributed by atoms with Crippen molar-refractivity contribution in [2.24, 2.45) is 0 Å². The van der Waals surface area contributed by atoms with E-state index in [0.29, 0.717) is 0 Å². The van der Waals surface area contributed by atoms with Crippen LogP contribution in [0.2, 0.25) is 0 Å². The van der Waals surface area contributed by atoms with E-state index in [1.165, 1.54) is 12.1 Å². The van der Waals surface area contributed by atoms with Gasteiger partial charge in [-0.3, -0.25) is 4.79 Å². The van der Waals surface area contributed by atoms with E-state index in [1.54, 1.807) is 18.2 Å². The summed E-state index contributed by atoms with van der Waals surface area (Å²) in [5.41, 5.74) is 0.220. The molecule has 1 aromatic rings. The van der Waals surface area contributed by atoms with E-state index >= 15 is 0 Å². The van der Waals surface area contributed by atoms with Crippen molar-refractivity contribution in [2.45, 2.75) is 18.2 Å². The fourth-order valence-corrected chi connectivity index (χ4v) is 2.05. The summed E-state index contributed by atoms with van der Waals surface area (Å²) < 4.78 is 38.8. The molecule has 0 atom stereocenters. The van der Waals surface area contributed by atoms with Gasteiger partial charge in [-0.1, -0.05) is 35.9 Å². The van der Waals surface area contributed by atoms with Crippen molar-refractivity contribution in [2.75, 3.05) is 0 Å². The molecule has 0 N–H and O–H groups in total. The summed E-state index contributed by atoms with van der Waals surface area (Å²) in [5, 5.41) is -1.86. The Hall–Kier alpha value is 0.381. The Bertz CT molecular complexity index is 383. The molecule has 16 heavy (non-hydrogen) atoms. The fourth-order valence-electron chi connectivity index (χ4n) is 2.05. The summed E-state index contributed by atoms with van der Waals surface area (Å²) in [6.45, 7) is -5.01. The number of rotatable bonds is 2. The molecule has 2 rings (SSSR count). The van der Waals surface area contributed by atoms with Crippen LogP contribution in [0.5, 0.6) is 0 Å².